The zero-order valence-electron chi connectivity index (χ0n) is 22.0. The van der Waals surface area contributed by atoms with Gasteiger partial charge in [0.05, 0.1) is 12.7 Å². The average Bonchev–Trinajstić information content (AvgIpc) is 3.37. The number of rotatable bonds is 6. The summed E-state index contributed by atoms with van der Waals surface area (Å²) in [5.74, 6) is 2.51. The van der Waals surface area contributed by atoms with Gasteiger partial charge >= 0.3 is 0 Å². The molecule has 0 aromatic rings. The molecule has 0 saturated heterocycles. The summed E-state index contributed by atoms with van der Waals surface area (Å²) >= 11 is 0. The van der Waals surface area contributed by atoms with Crippen LogP contribution in [0, 0.1) is 50.7 Å². The topological polar surface area (TPSA) is 60.7 Å². The van der Waals surface area contributed by atoms with Gasteiger partial charge in [-0.1, -0.05) is 39.3 Å². The van der Waals surface area contributed by atoms with Crippen molar-refractivity contribution in [3.63, 3.8) is 0 Å². The van der Waals surface area contributed by atoms with E-state index in [9.17, 15) is 15.3 Å². The van der Waals surface area contributed by atoms with E-state index in [0.29, 0.717) is 46.0 Å². The Morgan fingerprint density at radius 1 is 0.879 bits per heavy atom. The zero-order valence-corrected chi connectivity index (χ0v) is 22.0. The summed E-state index contributed by atoms with van der Waals surface area (Å²) in [4.78, 5) is 0. The number of hydrogen-bond acceptors (Lipinski definition) is 3. The Labute approximate surface area is 202 Å². The Hall–Kier alpha value is -0.380. The molecular formula is C30H50O3. The third kappa shape index (κ3) is 3.03. The molecule has 3 N–H and O–H groups in total. The lowest BCUT2D eigenvalue weighted by Crippen LogP contribution is -2.57. The van der Waals surface area contributed by atoms with Crippen LogP contribution >= 0.6 is 0 Å². The molecule has 5 saturated carbocycles. The first-order valence-corrected chi connectivity index (χ1v) is 14.1. The van der Waals surface area contributed by atoms with E-state index < -0.39 is 0 Å². The summed E-state index contributed by atoms with van der Waals surface area (Å²) in [5, 5.41) is 30.6. The second-order valence-corrected chi connectivity index (χ2v) is 14.3. The van der Waals surface area contributed by atoms with Crippen molar-refractivity contribution in [1.82, 2.24) is 0 Å². The van der Waals surface area contributed by atoms with Crippen LogP contribution in [-0.2, 0) is 0 Å². The van der Waals surface area contributed by atoms with Crippen molar-refractivity contribution in [1.29, 1.82) is 0 Å². The standard InChI is InChI=1S/C30H50O3/c1-20(17-31)7-6-8-21(18-32)22-11-13-28(5)24-10-9-23-26(2,3)25(33)12-14-29(23)19-30(24,29)16-15-27(22,28)4/h7,21-25,31-33H,6,8-19H2,1-5H3/t21-,22+,23?,24-,25-,27+,28-,29+,30?/m0/s1. The monoisotopic (exact) mass is 458 g/mol. The fraction of sp³-hybridized carbons (Fsp3) is 0.933. The van der Waals surface area contributed by atoms with Crippen LogP contribution in [0.15, 0.2) is 11.6 Å². The summed E-state index contributed by atoms with van der Waals surface area (Å²) in [6, 6.07) is 0. The maximum absolute atomic E-state index is 10.8. The van der Waals surface area contributed by atoms with Crippen LogP contribution in [0.5, 0.6) is 0 Å². The highest BCUT2D eigenvalue weighted by Gasteiger charge is 2.82. The zero-order chi connectivity index (χ0) is 23.9. The normalized spacial score (nSPS) is 51.2. The molecule has 5 aliphatic rings. The van der Waals surface area contributed by atoms with Crippen LogP contribution in [0.4, 0.5) is 0 Å². The van der Waals surface area contributed by atoms with Crippen molar-refractivity contribution in [3.05, 3.63) is 11.6 Å². The predicted octanol–water partition coefficient (Wildman–Crippen LogP) is 6.11. The minimum absolute atomic E-state index is 0.0643. The molecule has 0 aliphatic heterocycles. The number of fused-ring (bicyclic) bond motifs is 2. The van der Waals surface area contributed by atoms with Crippen molar-refractivity contribution in [3.8, 4) is 0 Å². The van der Waals surface area contributed by atoms with Crippen LogP contribution in [0.25, 0.3) is 0 Å². The summed E-state index contributed by atoms with van der Waals surface area (Å²) in [6.45, 7) is 12.4. The molecule has 2 spiro atoms. The first-order valence-electron chi connectivity index (χ1n) is 14.1. The van der Waals surface area contributed by atoms with Gasteiger partial charge in [0.2, 0.25) is 0 Å². The number of aliphatic hydroxyl groups excluding tert-OH is 3. The highest BCUT2D eigenvalue weighted by molar-refractivity contribution is 5.30. The third-order valence-electron chi connectivity index (χ3n) is 13.2. The third-order valence-corrected chi connectivity index (χ3v) is 13.2. The van der Waals surface area contributed by atoms with E-state index in [1.54, 1.807) is 0 Å². The minimum Gasteiger partial charge on any atom is -0.396 e. The van der Waals surface area contributed by atoms with E-state index in [4.69, 9.17) is 0 Å². The van der Waals surface area contributed by atoms with Crippen LogP contribution in [-0.4, -0.2) is 34.6 Å². The van der Waals surface area contributed by atoms with Crippen molar-refractivity contribution >= 4 is 0 Å². The largest absolute Gasteiger partial charge is 0.396 e. The molecule has 0 aromatic heterocycles. The van der Waals surface area contributed by atoms with Gasteiger partial charge < -0.3 is 15.3 Å². The van der Waals surface area contributed by atoms with Gasteiger partial charge in [0, 0.05) is 6.61 Å². The Bertz CT molecular complexity index is 802. The smallest absolute Gasteiger partial charge is 0.0639 e. The number of aliphatic hydroxyl groups is 3. The van der Waals surface area contributed by atoms with E-state index in [2.05, 4.69) is 33.8 Å². The molecule has 2 unspecified atom stereocenters. The number of hydrogen-bond donors (Lipinski definition) is 3. The van der Waals surface area contributed by atoms with Crippen LogP contribution in [0.1, 0.15) is 105 Å². The van der Waals surface area contributed by atoms with Gasteiger partial charge in [0.1, 0.15) is 0 Å². The Balaban J connectivity index is 1.40. The minimum atomic E-state index is -0.128. The molecule has 33 heavy (non-hydrogen) atoms. The Morgan fingerprint density at radius 3 is 2.27 bits per heavy atom. The van der Waals surface area contributed by atoms with Gasteiger partial charge in [-0.15, -0.1) is 0 Å². The second kappa shape index (κ2) is 7.81. The lowest BCUT2D eigenvalue weighted by molar-refractivity contribution is -0.162. The molecule has 0 bridgehead atoms. The molecule has 3 nitrogen and oxygen atoms in total. The van der Waals surface area contributed by atoms with Gasteiger partial charge in [-0.3, -0.25) is 0 Å². The van der Waals surface area contributed by atoms with E-state index >= 15 is 0 Å². The van der Waals surface area contributed by atoms with Crippen molar-refractivity contribution in [2.75, 3.05) is 13.2 Å². The maximum Gasteiger partial charge on any atom is 0.0639 e. The molecule has 5 fully saturated rings. The maximum atomic E-state index is 10.8. The summed E-state index contributed by atoms with van der Waals surface area (Å²) in [5.41, 5.74) is 2.86. The highest BCUT2D eigenvalue weighted by Crippen LogP contribution is 2.89. The van der Waals surface area contributed by atoms with Gasteiger partial charge in [0.25, 0.3) is 0 Å². The van der Waals surface area contributed by atoms with Gasteiger partial charge in [-0.2, -0.15) is 0 Å². The molecule has 0 heterocycles. The van der Waals surface area contributed by atoms with E-state index in [-0.39, 0.29) is 18.1 Å². The molecule has 5 aliphatic carbocycles. The fourth-order valence-electron chi connectivity index (χ4n) is 11.2. The molecule has 3 heteroatoms. The lowest BCUT2D eigenvalue weighted by atomic mass is 9.41. The van der Waals surface area contributed by atoms with Crippen LogP contribution in [0.2, 0.25) is 0 Å². The Morgan fingerprint density at radius 2 is 1.58 bits per heavy atom. The number of allylic oxidation sites excluding steroid dienone is 1. The van der Waals surface area contributed by atoms with Crippen molar-refractivity contribution in [2.45, 2.75) is 111 Å². The summed E-state index contributed by atoms with van der Waals surface area (Å²) in [7, 11) is 0. The molecule has 9 atom stereocenters. The van der Waals surface area contributed by atoms with E-state index in [0.717, 1.165) is 30.8 Å². The molecular weight excluding hydrogens is 408 g/mol. The lowest BCUT2D eigenvalue weighted by Gasteiger charge is -2.63. The van der Waals surface area contributed by atoms with Crippen LogP contribution in [0.3, 0.4) is 0 Å². The average molecular weight is 459 g/mol. The first kappa shape index (κ1) is 24.3. The molecule has 0 aromatic carbocycles. The van der Waals surface area contributed by atoms with Gasteiger partial charge in [0.15, 0.2) is 0 Å². The SMILES string of the molecule is CC(=CCC[C@@H](CO)[C@H]1CC[C@@]2(C)[C@@H]3CCC4C(C)(C)[C@@H](O)CC[C@@]45CC35CC[C@]12C)CO. The van der Waals surface area contributed by atoms with E-state index in [1.165, 1.54) is 51.4 Å². The summed E-state index contributed by atoms with van der Waals surface area (Å²) in [6.07, 6.45) is 15.7. The van der Waals surface area contributed by atoms with Gasteiger partial charge in [-0.25, -0.2) is 0 Å². The quantitative estimate of drug-likeness (QED) is 0.421. The second-order valence-electron chi connectivity index (χ2n) is 14.3. The molecule has 5 rings (SSSR count). The molecule has 188 valence electrons. The van der Waals surface area contributed by atoms with E-state index in [1.807, 2.05) is 6.92 Å². The van der Waals surface area contributed by atoms with Gasteiger partial charge in [-0.05, 0) is 128 Å². The molecule has 0 amide bonds. The van der Waals surface area contributed by atoms with Crippen molar-refractivity contribution in [2.24, 2.45) is 50.7 Å². The first-order chi connectivity index (χ1) is 15.5. The van der Waals surface area contributed by atoms with Crippen LogP contribution < -0.4 is 0 Å². The fourth-order valence-corrected chi connectivity index (χ4v) is 11.2. The highest BCUT2D eigenvalue weighted by atomic mass is 16.3. The Kier molecular flexibility index (Phi) is 5.75. The van der Waals surface area contributed by atoms with Crippen molar-refractivity contribution < 1.29 is 15.3 Å². The summed E-state index contributed by atoms with van der Waals surface area (Å²) < 4.78 is 0. The predicted molar refractivity (Wildman–Crippen MR) is 134 cm³/mol. The molecule has 0 radical (unpaired) electrons.